The van der Waals surface area contributed by atoms with Crippen LogP contribution in [-0.4, -0.2) is 35.2 Å². The molecule has 1 amide bonds. The maximum Gasteiger partial charge on any atom is 0.433 e. The van der Waals surface area contributed by atoms with Crippen LogP contribution in [0.15, 0.2) is 45.9 Å². The lowest BCUT2D eigenvalue weighted by Crippen LogP contribution is -2.06. The summed E-state index contributed by atoms with van der Waals surface area (Å²) in [5, 5.41) is 13.6. The third-order valence-corrected chi connectivity index (χ3v) is 4.88. The lowest BCUT2D eigenvalue weighted by atomic mass is 10.0. The molecule has 0 N–H and O–H groups in total. The van der Waals surface area contributed by atoms with E-state index in [0.717, 1.165) is 16.7 Å². The van der Waals surface area contributed by atoms with Gasteiger partial charge in [-0.05, 0) is 50.5 Å². The molecule has 0 fully saturated rings. The van der Waals surface area contributed by atoms with Gasteiger partial charge in [-0.15, -0.1) is 0 Å². The van der Waals surface area contributed by atoms with Crippen LogP contribution in [0.2, 0.25) is 0 Å². The first-order valence-corrected chi connectivity index (χ1v) is 9.83. The van der Waals surface area contributed by atoms with Gasteiger partial charge in [0.1, 0.15) is 11.8 Å². The first-order chi connectivity index (χ1) is 15.0. The third-order valence-electron chi connectivity index (χ3n) is 4.88. The molecule has 3 aromatic rings. The van der Waals surface area contributed by atoms with Crippen molar-refractivity contribution in [2.75, 3.05) is 7.11 Å². The van der Waals surface area contributed by atoms with Crippen molar-refractivity contribution in [2.45, 2.75) is 32.8 Å². The van der Waals surface area contributed by atoms with Crippen LogP contribution in [0.5, 0.6) is 5.75 Å². The van der Waals surface area contributed by atoms with Crippen LogP contribution in [-0.2, 0) is 11.2 Å². The number of methoxy groups -OCH3 is 1. The monoisotopic (exact) mass is 416 g/mol. The van der Waals surface area contributed by atoms with Gasteiger partial charge in [0.15, 0.2) is 0 Å². The SMILES string of the molecule is COC(=O)/N=C1/CCc2c1cccc2-c1noc(-c2ccc(OC(C)C)c(C#N)c2)n1. The predicted molar refractivity (Wildman–Crippen MR) is 113 cm³/mol. The minimum atomic E-state index is -0.617. The highest BCUT2D eigenvalue weighted by molar-refractivity contribution is 6.09. The van der Waals surface area contributed by atoms with Gasteiger partial charge in [0.25, 0.3) is 5.89 Å². The Morgan fingerprint density at radius 3 is 2.77 bits per heavy atom. The lowest BCUT2D eigenvalue weighted by Gasteiger charge is -2.11. The maximum atomic E-state index is 11.5. The smallest absolute Gasteiger partial charge is 0.433 e. The van der Waals surface area contributed by atoms with Crippen LogP contribution < -0.4 is 4.74 Å². The molecule has 1 aliphatic carbocycles. The molecule has 4 rings (SSSR count). The molecular weight excluding hydrogens is 396 g/mol. The fraction of sp³-hybridized carbons (Fsp3) is 0.261. The molecule has 8 heteroatoms. The molecular formula is C23H20N4O4. The average molecular weight is 416 g/mol. The fourth-order valence-electron chi connectivity index (χ4n) is 3.54. The molecule has 2 aromatic carbocycles. The number of benzene rings is 2. The van der Waals surface area contributed by atoms with Crippen molar-refractivity contribution in [3.63, 3.8) is 0 Å². The van der Waals surface area contributed by atoms with E-state index in [1.807, 2.05) is 32.0 Å². The number of rotatable bonds is 4. The topological polar surface area (TPSA) is 111 Å². The van der Waals surface area contributed by atoms with Crippen LogP contribution in [0, 0.1) is 11.3 Å². The number of hydrogen-bond acceptors (Lipinski definition) is 7. The highest BCUT2D eigenvalue weighted by Crippen LogP contribution is 2.33. The second-order valence-electron chi connectivity index (χ2n) is 7.27. The Bertz CT molecular complexity index is 1220. The molecule has 0 atom stereocenters. The van der Waals surface area contributed by atoms with E-state index in [9.17, 15) is 10.1 Å². The second kappa shape index (κ2) is 8.40. The Morgan fingerprint density at radius 2 is 2.03 bits per heavy atom. The number of carbonyl (C=O) groups excluding carboxylic acids is 1. The van der Waals surface area contributed by atoms with E-state index in [4.69, 9.17) is 9.26 Å². The average Bonchev–Trinajstić information content (AvgIpc) is 3.41. The molecule has 1 heterocycles. The molecule has 1 aromatic heterocycles. The molecule has 0 unspecified atom stereocenters. The van der Waals surface area contributed by atoms with E-state index in [0.29, 0.717) is 47.1 Å². The molecule has 0 radical (unpaired) electrons. The molecule has 0 bridgehead atoms. The van der Waals surface area contributed by atoms with Gasteiger partial charge in [0.05, 0.1) is 24.5 Å². The van der Waals surface area contributed by atoms with Crippen molar-refractivity contribution in [3.8, 4) is 34.7 Å². The van der Waals surface area contributed by atoms with E-state index in [2.05, 4.69) is 25.9 Å². The molecule has 1 aliphatic rings. The van der Waals surface area contributed by atoms with Gasteiger partial charge < -0.3 is 14.0 Å². The van der Waals surface area contributed by atoms with Crippen molar-refractivity contribution in [1.82, 2.24) is 10.1 Å². The van der Waals surface area contributed by atoms with E-state index >= 15 is 0 Å². The largest absolute Gasteiger partial charge is 0.490 e. The Morgan fingerprint density at radius 1 is 1.23 bits per heavy atom. The number of aromatic nitrogens is 2. The Hall–Kier alpha value is -3.99. The van der Waals surface area contributed by atoms with Gasteiger partial charge in [0.2, 0.25) is 5.82 Å². The summed E-state index contributed by atoms with van der Waals surface area (Å²) in [5.74, 6) is 1.26. The standard InChI is InChI=1S/C23H20N4O4/c1-13(2)30-20-10-7-14(11-15(20)12-24)22-26-21(27-31-22)18-6-4-5-17-16(18)8-9-19(17)25-23(28)29-3/h4-7,10-11,13H,8-9H2,1-3H3/b25-19-. The van der Waals surface area contributed by atoms with E-state index in [1.165, 1.54) is 7.11 Å². The van der Waals surface area contributed by atoms with Gasteiger partial charge in [-0.3, -0.25) is 0 Å². The predicted octanol–water partition coefficient (Wildman–Crippen LogP) is 4.56. The molecule has 8 nitrogen and oxygen atoms in total. The van der Waals surface area contributed by atoms with Gasteiger partial charge >= 0.3 is 6.09 Å². The number of fused-ring (bicyclic) bond motifs is 1. The van der Waals surface area contributed by atoms with E-state index < -0.39 is 6.09 Å². The van der Waals surface area contributed by atoms with Crippen LogP contribution in [0.3, 0.4) is 0 Å². The Labute approximate surface area is 179 Å². The summed E-state index contributed by atoms with van der Waals surface area (Å²) in [6.45, 7) is 3.80. The molecule has 0 spiro atoms. The highest BCUT2D eigenvalue weighted by atomic mass is 16.5. The summed E-state index contributed by atoms with van der Waals surface area (Å²) in [6, 6.07) is 13.0. The van der Waals surface area contributed by atoms with Crippen LogP contribution in [0.25, 0.3) is 22.8 Å². The molecule has 31 heavy (non-hydrogen) atoms. The second-order valence-corrected chi connectivity index (χ2v) is 7.27. The first-order valence-electron chi connectivity index (χ1n) is 9.83. The van der Waals surface area contributed by atoms with Crippen molar-refractivity contribution < 1.29 is 18.8 Å². The molecule has 0 saturated carbocycles. The number of aliphatic imine (C=N–C) groups is 1. The summed E-state index contributed by atoms with van der Waals surface area (Å²) in [7, 11) is 1.30. The summed E-state index contributed by atoms with van der Waals surface area (Å²) in [6.07, 6.45) is 0.689. The minimum absolute atomic E-state index is 0.0410. The molecule has 0 saturated heterocycles. The fourth-order valence-corrected chi connectivity index (χ4v) is 3.54. The zero-order valence-corrected chi connectivity index (χ0v) is 17.4. The molecule has 156 valence electrons. The molecule has 0 aliphatic heterocycles. The number of carbonyl (C=O) groups is 1. The summed E-state index contributed by atoms with van der Waals surface area (Å²) in [5.41, 5.74) is 4.43. The van der Waals surface area contributed by atoms with Crippen molar-refractivity contribution >= 4 is 11.8 Å². The quantitative estimate of drug-likeness (QED) is 0.613. The van der Waals surface area contributed by atoms with Gasteiger partial charge in [0, 0.05) is 16.7 Å². The number of ether oxygens (including phenoxy) is 2. The van der Waals surface area contributed by atoms with Crippen molar-refractivity contribution in [1.29, 1.82) is 5.26 Å². The van der Waals surface area contributed by atoms with Crippen molar-refractivity contribution in [3.05, 3.63) is 53.1 Å². The van der Waals surface area contributed by atoms with Gasteiger partial charge in [-0.2, -0.15) is 15.2 Å². The normalized spacial score (nSPS) is 13.8. The first kappa shape index (κ1) is 20.3. The zero-order valence-electron chi connectivity index (χ0n) is 17.4. The van der Waals surface area contributed by atoms with Gasteiger partial charge in [-0.25, -0.2) is 4.79 Å². The minimum Gasteiger partial charge on any atom is -0.490 e. The number of nitrogens with zero attached hydrogens (tertiary/aromatic N) is 4. The zero-order chi connectivity index (χ0) is 22.0. The summed E-state index contributed by atoms with van der Waals surface area (Å²) < 4.78 is 15.8. The number of amides is 1. The highest BCUT2D eigenvalue weighted by Gasteiger charge is 2.24. The number of nitriles is 1. The Balaban J connectivity index is 1.68. The van der Waals surface area contributed by atoms with Crippen LogP contribution in [0.1, 0.15) is 37.0 Å². The lowest BCUT2D eigenvalue weighted by molar-refractivity contribution is 0.182. The van der Waals surface area contributed by atoms with Crippen LogP contribution >= 0.6 is 0 Å². The van der Waals surface area contributed by atoms with E-state index in [-0.39, 0.29) is 6.10 Å². The summed E-state index contributed by atoms with van der Waals surface area (Å²) in [4.78, 5) is 20.1. The Kier molecular flexibility index (Phi) is 5.50. The van der Waals surface area contributed by atoms with Crippen LogP contribution in [0.4, 0.5) is 4.79 Å². The van der Waals surface area contributed by atoms with E-state index in [1.54, 1.807) is 18.2 Å². The maximum absolute atomic E-state index is 11.5. The third kappa shape index (κ3) is 4.03. The van der Waals surface area contributed by atoms with Crippen molar-refractivity contribution in [2.24, 2.45) is 4.99 Å². The van der Waals surface area contributed by atoms with Gasteiger partial charge in [-0.1, -0.05) is 23.4 Å². The summed E-state index contributed by atoms with van der Waals surface area (Å²) >= 11 is 0. The number of hydrogen-bond donors (Lipinski definition) is 0.